The molecule has 0 radical (unpaired) electrons. The minimum Gasteiger partial charge on any atom is -0.392 e. The molecule has 0 heterocycles. The average molecular weight is 501 g/mol. The summed E-state index contributed by atoms with van der Waals surface area (Å²) in [5, 5.41) is 24.2. The summed E-state index contributed by atoms with van der Waals surface area (Å²) in [6, 6.07) is 15.3. The third-order valence-electron chi connectivity index (χ3n) is 6.16. The van der Waals surface area contributed by atoms with Crippen LogP contribution in [0.15, 0.2) is 71.6 Å². The smallest absolute Gasteiger partial charge is 0.243 e. The Labute approximate surface area is 208 Å². The molecule has 0 bridgehead atoms. The molecule has 7 nitrogen and oxygen atoms in total. The van der Waals surface area contributed by atoms with Gasteiger partial charge >= 0.3 is 0 Å². The molecule has 190 valence electrons. The lowest BCUT2D eigenvalue weighted by atomic mass is 9.99. The van der Waals surface area contributed by atoms with Gasteiger partial charge in [0.2, 0.25) is 15.9 Å². The van der Waals surface area contributed by atoms with E-state index in [1.54, 1.807) is 25.1 Å². The second-order valence-corrected chi connectivity index (χ2v) is 11.3. The highest BCUT2D eigenvalue weighted by molar-refractivity contribution is 7.89. The molecule has 1 aliphatic rings. The highest BCUT2D eigenvalue weighted by Crippen LogP contribution is 2.21. The van der Waals surface area contributed by atoms with E-state index >= 15 is 0 Å². The number of hydrogen-bond donors (Lipinski definition) is 3. The number of amides is 1. The molecule has 35 heavy (non-hydrogen) atoms. The van der Waals surface area contributed by atoms with Gasteiger partial charge in [-0.1, -0.05) is 54.6 Å². The van der Waals surface area contributed by atoms with E-state index in [2.05, 4.69) is 11.4 Å². The van der Waals surface area contributed by atoms with E-state index in [-0.39, 0.29) is 29.8 Å². The molecule has 3 rings (SSSR count). The number of nitrogens with one attached hydrogen (secondary N) is 1. The Morgan fingerprint density at radius 2 is 1.86 bits per heavy atom. The molecule has 0 unspecified atom stereocenters. The van der Waals surface area contributed by atoms with Gasteiger partial charge in [-0.2, -0.15) is 4.31 Å². The molecule has 3 N–H and O–H groups in total. The van der Waals surface area contributed by atoms with Crippen molar-refractivity contribution in [2.24, 2.45) is 5.92 Å². The Morgan fingerprint density at radius 3 is 2.49 bits per heavy atom. The predicted molar refractivity (Wildman–Crippen MR) is 136 cm³/mol. The number of aliphatic hydroxyl groups excluding tert-OH is 2. The topological polar surface area (TPSA) is 107 Å². The van der Waals surface area contributed by atoms with Gasteiger partial charge in [-0.15, -0.1) is 0 Å². The largest absolute Gasteiger partial charge is 0.392 e. The van der Waals surface area contributed by atoms with Crippen LogP contribution in [0.2, 0.25) is 0 Å². The van der Waals surface area contributed by atoms with Crippen LogP contribution in [0, 0.1) is 12.8 Å². The second-order valence-electron chi connectivity index (χ2n) is 9.39. The maximum atomic E-state index is 13.4. The summed E-state index contributed by atoms with van der Waals surface area (Å²) in [6.45, 7) is 2.87. The standard InChI is InChI=1S/C27H36N2O5S/c1-20-9-8-14-24(15-20)35(33,34)29(18-21(2)30)19-26(31)25(16-22-10-4-3-5-11-22)28-27(32)17-23-12-6-7-13-23/h3-6,8-12,14-15,21,23,25-26,30-31H,7,13,16-19H2,1-2H3,(H,28,32)/t21-,23+,25+,26-/m1/s1. The number of nitrogens with zero attached hydrogens (tertiary/aromatic N) is 1. The lowest BCUT2D eigenvalue weighted by Gasteiger charge is -2.30. The molecule has 0 aromatic heterocycles. The minimum atomic E-state index is -3.98. The number of carbonyl (C=O) groups is 1. The lowest BCUT2D eigenvalue weighted by Crippen LogP contribution is -2.51. The Kier molecular flexibility index (Phi) is 9.63. The molecule has 0 saturated carbocycles. The zero-order valence-electron chi connectivity index (χ0n) is 20.4. The maximum Gasteiger partial charge on any atom is 0.243 e. The highest BCUT2D eigenvalue weighted by atomic mass is 32.2. The van der Waals surface area contributed by atoms with Crippen LogP contribution in [0.4, 0.5) is 0 Å². The van der Waals surface area contributed by atoms with Crippen molar-refractivity contribution in [3.05, 3.63) is 77.9 Å². The molecule has 2 aromatic carbocycles. The van der Waals surface area contributed by atoms with Crippen LogP contribution in [0.25, 0.3) is 0 Å². The first kappa shape index (κ1) is 27.1. The van der Waals surface area contributed by atoms with Crippen LogP contribution >= 0.6 is 0 Å². The predicted octanol–water partition coefficient (Wildman–Crippen LogP) is 2.81. The molecule has 1 amide bonds. The fourth-order valence-corrected chi connectivity index (χ4v) is 5.99. The number of aliphatic hydroxyl groups is 2. The van der Waals surface area contributed by atoms with Crippen molar-refractivity contribution in [1.82, 2.24) is 9.62 Å². The summed E-state index contributed by atoms with van der Waals surface area (Å²) in [5.41, 5.74) is 1.71. The molecular formula is C27H36N2O5S. The number of sulfonamides is 1. The summed E-state index contributed by atoms with van der Waals surface area (Å²) < 4.78 is 27.9. The van der Waals surface area contributed by atoms with Gasteiger partial charge in [0.05, 0.1) is 23.1 Å². The van der Waals surface area contributed by atoms with Gasteiger partial charge in [-0.25, -0.2) is 8.42 Å². The quantitative estimate of drug-likeness (QED) is 0.389. The number of benzene rings is 2. The van der Waals surface area contributed by atoms with Gasteiger partial charge in [0.25, 0.3) is 0 Å². The molecule has 0 fully saturated rings. The number of aryl methyl sites for hydroxylation is 1. The van der Waals surface area contributed by atoms with E-state index in [1.807, 2.05) is 36.4 Å². The van der Waals surface area contributed by atoms with Crippen molar-refractivity contribution in [2.75, 3.05) is 13.1 Å². The van der Waals surface area contributed by atoms with Gasteiger partial charge in [0, 0.05) is 19.5 Å². The Morgan fingerprint density at radius 1 is 1.11 bits per heavy atom. The number of hydrogen-bond acceptors (Lipinski definition) is 5. The second kappa shape index (κ2) is 12.4. The van der Waals surface area contributed by atoms with Gasteiger partial charge in [-0.3, -0.25) is 4.79 Å². The van der Waals surface area contributed by atoms with E-state index in [0.29, 0.717) is 12.8 Å². The average Bonchev–Trinajstić information content (AvgIpc) is 3.31. The Hall–Kier alpha value is -2.52. The third kappa shape index (κ3) is 8.00. The van der Waals surface area contributed by atoms with Crippen molar-refractivity contribution in [3.8, 4) is 0 Å². The first-order chi connectivity index (χ1) is 16.6. The zero-order chi connectivity index (χ0) is 25.4. The van der Waals surface area contributed by atoms with E-state index in [0.717, 1.165) is 28.3 Å². The lowest BCUT2D eigenvalue weighted by molar-refractivity contribution is -0.123. The van der Waals surface area contributed by atoms with Gasteiger partial charge < -0.3 is 15.5 Å². The van der Waals surface area contributed by atoms with Gasteiger partial charge in [-0.05, 0) is 62.3 Å². The first-order valence-electron chi connectivity index (χ1n) is 12.1. The van der Waals surface area contributed by atoms with E-state index in [4.69, 9.17) is 0 Å². The minimum absolute atomic E-state index is 0.0991. The third-order valence-corrected chi connectivity index (χ3v) is 7.98. The maximum absolute atomic E-state index is 13.4. The van der Waals surface area contributed by atoms with Crippen molar-refractivity contribution >= 4 is 15.9 Å². The van der Waals surface area contributed by atoms with Gasteiger partial charge in [0.1, 0.15) is 0 Å². The van der Waals surface area contributed by atoms with Crippen LogP contribution < -0.4 is 5.32 Å². The van der Waals surface area contributed by atoms with Crippen LogP contribution in [-0.2, 0) is 21.2 Å². The van der Waals surface area contributed by atoms with E-state index in [9.17, 15) is 23.4 Å². The van der Waals surface area contributed by atoms with Crippen molar-refractivity contribution in [2.45, 2.75) is 62.7 Å². The monoisotopic (exact) mass is 500 g/mol. The molecular weight excluding hydrogens is 464 g/mol. The number of rotatable bonds is 12. The fourth-order valence-electron chi connectivity index (χ4n) is 4.35. The van der Waals surface area contributed by atoms with Crippen molar-refractivity contribution in [1.29, 1.82) is 0 Å². The van der Waals surface area contributed by atoms with Crippen molar-refractivity contribution < 1.29 is 23.4 Å². The highest BCUT2D eigenvalue weighted by Gasteiger charge is 2.32. The summed E-state index contributed by atoms with van der Waals surface area (Å²) in [5.74, 6) is 0.00287. The molecule has 8 heteroatoms. The summed E-state index contributed by atoms with van der Waals surface area (Å²) >= 11 is 0. The number of allylic oxidation sites excluding steroid dienone is 2. The zero-order valence-corrected chi connectivity index (χ0v) is 21.2. The van der Waals surface area contributed by atoms with E-state index < -0.39 is 28.3 Å². The summed E-state index contributed by atoms with van der Waals surface area (Å²) in [4.78, 5) is 12.9. The Balaban J connectivity index is 1.81. The first-order valence-corrected chi connectivity index (χ1v) is 13.5. The summed E-state index contributed by atoms with van der Waals surface area (Å²) in [6.07, 6.45) is 4.55. The van der Waals surface area contributed by atoms with E-state index in [1.165, 1.54) is 13.0 Å². The summed E-state index contributed by atoms with van der Waals surface area (Å²) in [7, 11) is -3.98. The van der Waals surface area contributed by atoms with Crippen LogP contribution in [0.3, 0.4) is 0 Å². The molecule has 1 aliphatic carbocycles. The van der Waals surface area contributed by atoms with Crippen molar-refractivity contribution in [3.63, 3.8) is 0 Å². The SMILES string of the molecule is Cc1cccc(S(=O)(=O)N(C[C@@H](O)[C@H](Cc2ccccc2)NC(=O)C[C@H]2C=CCC2)C[C@@H](C)O)c1. The molecule has 0 aliphatic heterocycles. The molecule has 0 saturated heterocycles. The Bertz CT molecular complexity index is 1100. The number of carbonyl (C=O) groups excluding carboxylic acids is 1. The van der Waals surface area contributed by atoms with Gasteiger partial charge in [0.15, 0.2) is 0 Å². The molecule has 0 spiro atoms. The molecule has 2 aromatic rings. The normalized spacial score (nSPS) is 18.4. The fraction of sp³-hybridized carbons (Fsp3) is 0.444. The van der Waals surface area contributed by atoms with Crippen LogP contribution in [0.1, 0.15) is 37.3 Å². The van der Waals surface area contributed by atoms with Crippen LogP contribution in [-0.4, -0.2) is 60.2 Å². The van der Waals surface area contributed by atoms with Crippen LogP contribution in [0.5, 0.6) is 0 Å². The molecule has 4 atom stereocenters.